The molecule has 0 spiro atoms. The van der Waals surface area contributed by atoms with Crippen LogP contribution in [0.1, 0.15) is 31.9 Å². The van der Waals surface area contributed by atoms with E-state index >= 15 is 0 Å². The lowest BCUT2D eigenvalue weighted by Crippen LogP contribution is -2.43. The Balaban J connectivity index is 0.000000217. The monoisotopic (exact) mass is 450 g/mol. The highest BCUT2D eigenvalue weighted by molar-refractivity contribution is 8.00. The van der Waals surface area contributed by atoms with E-state index in [0.717, 1.165) is 10.5 Å². The third-order valence-corrected chi connectivity index (χ3v) is 5.79. The van der Waals surface area contributed by atoms with E-state index in [2.05, 4.69) is 60.8 Å². The molecule has 1 heterocycles. The van der Waals surface area contributed by atoms with Crippen molar-refractivity contribution >= 4 is 23.7 Å². The lowest BCUT2D eigenvalue weighted by molar-refractivity contribution is -0.151. The van der Waals surface area contributed by atoms with Crippen molar-refractivity contribution < 1.29 is 14.8 Å². The molecule has 2 N–H and O–H groups in total. The number of aryl methyl sites for hydroxylation is 1. The number of thioether (sulfide) groups is 1. The fraction of sp³-hybridized carbons (Fsp3) is 0.231. The largest absolute Gasteiger partial charge is 0.348 e. The topological polar surface area (TPSA) is 69.6 Å². The van der Waals surface area contributed by atoms with Gasteiger partial charge in [0.1, 0.15) is 0 Å². The Labute approximate surface area is 194 Å². The van der Waals surface area contributed by atoms with Gasteiger partial charge in [0.15, 0.2) is 0 Å². The molecule has 0 bridgehead atoms. The van der Waals surface area contributed by atoms with Crippen LogP contribution >= 0.6 is 11.8 Å². The molecular formula is C26H30N2O3S. The second kappa shape index (κ2) is 12.7. The van der Waals surface area contributed by atoms with E-state index in [1.807, 2.05) is 44.2 Å². The molecule has 5 nitrogen and oxygen atoms in total. The molecule has 6 heteroatoms. The fourth-order valence-corrected chi connectivity index (χ4v) is 4.01. The number of nitrogens with zero attached hydrogens (tertiary/aromatic N) is 1. The predicted octanol–water partition coefficient (Wildman–Crippen LogP) is 6.30. The van der Waals surface area contributed by atoms with Gasteiger partial charge in [0.05, 0.1) is 5.25 Å². The number of hydrogen-bond donors (Lipinski definition) is 2. The highest BCUT2D eigenvalue weighted by Gasteiger charge is 2.27. The van der Waals surface area contributed by atoms with Gasteiger partial charge in [-0.3, -0.25) is 10.0 Å². The van der Waals surface area contributed by atoms with Crippen LogP contribution in [0.5, 0.6) is 0 Å². The number of fused-ring (bicyclic) bond motifs is 1. The van der Waals surface area contributed by atoms with Gasteiger partial charge in [0.25, 0.3) is 5.91 Å². The zero-order chi connectivity index (χ0) is 23.5. The number of rotatable bonds is 1. The van der Waals surface area contributed by atoms with E-state index in [9.17, 15) is 14.8 Å². The van der Waals surface area contributed by atoms with Crippen LogP contribution in [0.4, 0.5) is 4.79 Å². The number of urea groups is 1. The minimum atomic E-state index is -0.792. The molecule has 3 amide bonds. The molecule has 1 aliphatic rings. The van der Waals surface area contributed by atoms with E-state index < -0.39 is 17.2 Å². The highest BCUT2D eigenvalue weighted by atomic mass is 32.2. The fourth-order valence-electron chi connectivity index (χ4n) is 2.98. The van der Waals surface area contributed by atoms with Crippen molar-refractivity contribution in [1.29, 1.82) is 0 Å². The minimum Gasteiger partial charge on any atom is -0.332 e. The summed E-state index contributed by atoms with van der Waals surface area (Å²) >= 11 is 1.33. The molecule has 3 aromatic carbocycles. The van der Waals surface area contributed by atoms with Crippen LogP contribution in [-0.2, 0) is 11.3 Å². The smallest absolute Gasteiger partial charge is 0.332 e. The second-order valence-electron chi connectivity index (χ2n) is 6.91. The summed E-state index contributed by atoms with van der Waals surface area (Å²) < 4.78 is 0. The first kappa shape index (κ1) is 25.2. The zero-order valence-electron chi connectivity index (χ0n) is 18.9. The van der Waals surface area contributed by atoms with E-state index in [0.29, 0.717) is 6.54 Å². The molecule has 0 aliphatic carbocycles. The van der Waals surface area contributed by atoms with Crippen molar-refractivity contribution in [2.24, 2.45) is 0 Å². The lowest BCUT2D eigenvalue weighted by Gasteiger charge is -2.15. The molecule has 4 rings (SSSR count). The van der Waals surface area contributed by atoms with Crippen molar-refractivity contribution in [2.75, 3.05) is 0 Å². The molecule has 0 radical (unpaired) electrons. The van der Waals surface area contributed by atoms with Crippen molar-refractivity contribution in [2.45, 2.75) is 44.4 Å². The van der Waals surface area contributed by atoms with Gasteiger partial charge in [-0.15, -0.1) is 16.8 Å². The summed E-state index contributed by atoms with van der Waals surface area (Å²) in [6.07, 6.45) is 0. The van der Waals surface area contributed by atoms with Gasteiger partial charge in [0, 0.05) is 11.4 Å². The average molecular weight is 451 g/mol. The maximum Gasteiger partial charge on any atom is 0.348 e. The zero-order valence-corrected chi connectivity index (χ0v) is 19.7. The van der Waals surface area contributed by atoms with Gasteiger partial charge in [-0.1, -0.05) is 92.2 Å². The van der Waals surface area contributed by atoms with E-state index in [4.69, 9.17) is 0 Å². The first-order valence-corrected chi connectivity index (χ1v) is 11.5. The number of benzene rings is 3. The number of nitrogens with one attached hydrogen (secondary N) is 1. The standard InChI is InChI=1S/C13H12.C11H12N2O3S.C2H6/c1-11-6-5-9-13(10-11)12-7-3-2-4-8-12;1-7-10(14)13(16)11(15)12-6-8-4-2-3-5-9(8)17-7;1-2/h2-10H,1H3;2-5,7,16H,6H2,1H3,(H,12,15);1-2H3. The Morgan fingerprint density at radius 3 is 2.22 bits per heavy atom. The van der Waals surface area contributed by atoms with Crippen LogP contribution in [-0.4, -0.2) is 27.5 Å². The number of carbonyl (C=O) groups is 2. The number of carbonyl (C=O) groups excluding carboxylic acids is 2. The molecule has 3 aromatic rings. The third kappa shape index (κ3) is 6.97. The third-order valence-electron chi connectivity index (χ3n) is 4.58. The van der Waals surface area contributed by atoms with Crippen LogP contribution in [0, 0.1) is 6.92 Å². The number of amides is 3. The molecule has 1 aliphatic heterocycles. The minimum absolute atomic E-state index is 0.142. The normalized spacial score (nSPS) is 15.4. The second-order valence-corrected chi connectivity index (χ2v) is 8.29. The summed E-state index contributed by atoms with van der Waals surface area (Å²) in [4.78, 5) is 24.0. The summed E-state index contributed by atoms with van der Waals surface area (Å²) in [6, 6.07) is 25.7. The molecule has 1 atom stereocenters. The van der Waals surface area contributed by atoms with Gasteiger partial charge in [-0.2, -0.15) is 0 Å². The van der Waals surface area contributed by atoms with Crippen molar-refractivity contribution in [3.8, 4) is 11.1 Å². The predicted molar refractivity (Wildman–Crippen MR) is 131 cm³/mol. The summed E-state index contributed by atoms with van der Waals surface area (Å²) in [6.45, 7) is 8.07. The Hall–Kier alpha value is -3.09. The first-order valence-electron chi connectivity index (χ1n) is 10.6. The van der Waals surface area contributed by atoms with Crippen LogP contribution in [0.2, 0.25) is 0 Å². The summed E-state index contributed by atoms with van der Waals surface area (Å²) in [5, 5.41) is 11.5. The summed E-state index contributed by atoms with van der Waals surface area (Å²) in [5.41, 5.74) is 4.81. The quantitative estimate of drug-likeness (QED) is 0.427. The maximum absolute atomic E-state index is 11.7. The van der Waals surface area contributed by atoms with Crippen LogP contribution < -0.4 is 5.32 Å². The van der Waals surface area contributed by atoms with Gasteiger partial charge >= 0.3 is 6.03 Å². The Morgan fingerprint density at radius 1 is 0.906 bits per heavy atom. The first-order chi connectivity index (χ1) is 15.5. The summed E-state index contributed by atoms with van der Waals surface area (Å²) in [5.74, 6) is -0.621. The van der Waals surface area contributed by atoms with Gasteiger partial charge in [0.2, 0.25) is 0 Å². The molecule has 0 saturated carbocycles. The SMILES string of the molecule is CC.CC1Sc2ccccc2CNC(=O)N(O)C1=O.Cc1cccc(-c2ccccc2)c1. The average Bonchev–Trinajstić information content (AvgIpc) is 2.87. The van der Waals surface area contributed by atoms with E-state index in [1.54, 1.807) is 6.92 Å². The lowest BCUT2D eigenvalue weighted by atomic mass is 10.0. The van der Waals surface area contributed by atoms with Crippen molar-refractivity contribution in [3.05, 3.63) is 90.0 Å². The molecule has 32 heavy (non-hydrogen) atoms. The van der Waals surface area contributed by atoms with Crippen LogP contribution in [0.25, 0.3) is 11.1 Å². The van der Waals surface area contributed by atoms with E-state index in [1.165, 1.54) is 28.5 Å². The van der Waals surface area contributed by atoms with E-state index in [-0.39, 0.29) is 5.06 Å². The molecule has 0 aromatic heterocycles. The molecule has 0 fully saturated rings. The summed E-state index contributed by atoms with van der Waals surface area (Å²) in [7, 11) is 0. The maximum atomic E-state index is 11.7. The Kier molecular flexibility index (Phi) is 9.98. The molecular weight excluding hydrogens is 420 g/mol. The number of hydroxylamine groups is 2. The van der Waals surface area contributed by atoms with Gasteiger partial charge in [-0.05, 0) is 36.6 Å². The van der Waals surface area contributed by atoms with Crippen LogP contribution in [0.3, 0.4) is 0 Å². The molecule has 1 unspecified atom stereocenters. The van der Waals surface area contributed by atoms with Crippen molar-refractivity contribution in [3.63, 3.8) is 0 Å². The van der Waals surface area contributed by atoms with Gasteiger partial charge in [-0.25, -0.2) is 4.79 Å². The molecule has 0 saturated heterocycles. The van der Waals surface area contributed by atoms with Crippen LogP contribution in [0.15, 0.2) is 83.8 Å². The Morgan fingerprint density at radius 2 is 1.53 bits per heavy atom. The number of imide groups is 1. The number of hydrogen-bond acceptors (Lipinski definition) is 4. The molecule has 168 valence electrons. The van der Waals surface area contributed by atoms with Gasteiger partial charge < -0.3 is 5.32 Å². The Bertz CT molecular complexity index is 1020. The van der Waals surface area contributed by atoms with Crippen molar-refractivity contribution in [1.82, 2.24) is 10.4 Å². The highest BCUT2D eigenvalue weighted by Crippen LogP contribution is 2.28.